The molecule has 0 spiro atoms. The Morgan fingerprint density at radius 2 is 1.67 bits per heavy atom. The zero-order chi connectivity index (χ0) is 14.8. The van der Waals surface area contributed by atoms with Crippen molar-refractivity contribution in [1.82, 2.24) is 0 Å². The molecule has 0 saturated carbocycles. The lowest BCUT2D eigenvalue weighted by Gasteiger charge is -2.04. The van der Waals surface area contributed by atoms with Crippen LogP contribution in [-0.4, -0.2) is 0 Å². The maximum absolute atomic E-state index is 12.1. The van der Waals surface area contributed by atoms with Gasteiger partial charge in [0, 0.05) is 11.6 Å². The van der Waals surface area contributed by atoms with Crippen molar-refractivity contribution in [3.05, 3.63) is 68.6 Å². The van der Waals surface area contributed by atoms with E-state index in [2.05, 4.69) is 10.4 Å². The molecule has 21 heavy (non-hydrogen) atoms. The molecule has 0 aliphatic rings. The zero-order valence-electron chi connectivity index (χ0n) is 10.6. The van der Waals surface area contributed by atoms with Crippen LogP contribution in [0.4, 0.5) is 11.4 Å². The third-order valence-corrected chi connectivity index (χ3v) is 3.10. The molecule has 6 heteroatoms. The Kier molecular flexibility index (Phi) is 3.12. The van der Waals surface area contributed by atoms with Gasteiger partial charge in [-0.3, -0.25) is 4.79 Å². The highest BCUT2D eigenvalue weighted by molar-refractivity contribution is 5.93. The average Bonchev–Trinajstić information content (AvgIpc) is 2.54. The highest BCUT2D eigenvalue weighted by Gasteiger charge is 2.15. The summed E-state index contributed by atoms with van der Waals surface area (Å²) in [6.45, 7) is 0. The minimum atomic E-state index is -0.322. The number of benzene rings is 2. The van der Waals surface area contributed by atoms with Crippen molar-refractivity contribution in [2.45, 2.75) is 0 Å². The molecule has 0 radical (unpaired) electrons. The molecule has 2 aromatic carbocycles. The Bertz CT molecular complexity index is 901. The molecule has 0 atom stereocenters. The molecule has 0 amide bonds. The number of nitroso groups, excluding NO2 is 2. The number of hydrogen-bond donors (Lipinski definition) is 0. The summed E-state index contributed by atoms with van der Waals surface area (Å²) in [6.07, 6.45) is 0. The molecule has 6 nitrogen and oxygen atoms in total. The molecule has 3 aromatic rings. The summed E-state index contributed by atoms with van der Waals surface area (Å²) in [5, 5.41) is 5.66. The van der Waals surface area contributed by atoms with E-state index < -0.39 is 0 Å². The molecule has 0 N–H and O–H groups in total. The van der Waals surface area contributed by atoms with Crippen molar-refractivity contribution in [3.8, 4) is 11.3 Å². The molecule has 1 heterocycles. The Morgan fingerprint density at radius 3 is 2.33 bits per heavy atom. The number of fused-ring (bicyclic) bond motifs is 1. The van der Waals surface area contributed by atoms with Gasteiger partial charge in [0.05, 0.1) is 5.39 Å². The van der Waals surface area contributed by atoms with Crippen molar-refractivity contribution >= 4 is 22.3 Å². The first-order valence-corrected chi connectivity index (χ1v) is 6.07. The standard InChI is InChI=1S/C15H8N2O4/c18-12-8-13(9-4-2-1-3-5-9)21-15-10(12)6-7-11(16-19)14(15)17-20/h1-8H. The van der Waals surface area contributed by atoms with Crippen molar-refractivity contribution < 1.29 is 4.42 Å². The lowest BCUT2D eigenvalue weighted by molar-refractivity contribution is 0.619. The van der Waals surface area contributed by atoms with Crippen LogP contribution in [0.25, 0.3) is 22.3 Å². The summed E-state index contributed by atoms with van der Waals surface area (Å²) in [6, 6.07) is 12.9. The highest BCUT2D eigenvalue weighted by atomic mass is 16.3. The van der Waals surface area contributed by atoms with E-state index in [1.165, 1.54) is 18.2 Å². The van der Waals surface area contributed by atoms with E-state index >= 15 is 0 Å². The first kappa shape index (κ1) is 12.9. The van der Waals surface area contributed by atoms with Crippen LogP contribution >= 0.6 is 0 Å². The van der Waals surface area contributed by atoms with Crippen LogP contribution in [0, 0.1) is 9.81 Å². The summed E-state index contributed by atoms with van der Waals surface area (Å²) in [5.41, 5.74) is -0.105. The van der Waals surface area contributed by atoms with Crippen LogP contribution in [0.2, 0.25) is 0 Å². The van der Waals surface area contributed by atoms with Gasteiger partial charge in [-0.2, -0.15) is 0 Å². The molecule has 3 rings (SSSR count). The van der Waals surface area contributed by atoms with Gasteiger partial charge in [-0.25, -0.2) is 0 Å². The minimum absolute atomic E-state index is 0.0338. The van der Waals surface area contributed by atoms with E-state index in [1.807, 2.05) is 6.07 Å². The molecule has 1 aromatic heterocycles. The van der Waals surface area contributed by atoms with E-state index in [-0.39, 0.29) is 27.8 Å². The molecule has 0 aliphatic carbocycles. The van der Waals surface area contributed by atoms with Crippen LogP contribution in [0.1, 0.15) is 0 Å². The largest absolute Gasteiger partial charge is 0.453 e. The second kappa shape index (κ2) is 5.09. The Hall–Kier alpha value is -3.15. The van der Waals surface area contributed by atoms with E-state index in [0.29, 0.717) is 11.3 Å². The average molecular weight is 280 g/mol. The molecular weight excluding hydrogens is 272 g/mol. The van der Waals surface area contributed by atoms with Gasteiger partial charge < -0.3 is 4.42 Å². The van der Waals surface area contributed by atoms with Crippen LogP contribution < -0.4 is 5.43 Å². The van der Waals surface area contributed by atoms with Gasteiger partial charge in [0.2, 0.25) is 0 Å². The van der Waals surface area contributed by atoms with Gasteiger partial charge in [-0.15, -0.1) is 9.81 Å². The van der Waals surface area contributed by atoms with Gasteiger partial charge in [0.1, 0.15) is 11.4 Å². The normalized spacial score (nSPS) is 10.5. The Balaban J connectivity index is 2.39. The Labute approximate surface area is 118 Å². The third-order valence-electron chi connectivity index (χ3n) is 3.10. The van der Waals surface area contributed by atoms with E-state index in [1.54, 1.807) is 24.3 Å². The van der Waals surface area contributed by atoms with Gasteiger partial charge in [0.25, 0.3) is 0 Å². The van der Waals surface area contributed by atoms with Crippen LogP contribution in [-0.2, 0) is 0 Å². The quantitative estimate of drug-likeness (QED) is 0.670. The fraction of sp³-hybridized carbons (Fsp3) is 0. The summed E-state index contributed by atoms with van der Waals surface area (Å²) in [5.74, 6) is 0.293. The molecule has 0 aliphatic heterocycles. The summed E-state index contributed by atoms with van der Waals surface area (Å²) >= 11 is 0. The molecule has 102 valence electrons. The van der Waals surface area contributed by atoms with Gasteiger partial charge in [-0.05, 0) is 22.5 Å². The topological polar surface area (TPSA) is 89.1 Å². The zero-order valence-corrected chi connectivity index (χ0v) is 10.6. The molecular formula is C15H8N2O4. The molecule has 0 saturated heterocycles. The second-order valence-electron chi connectivity index (χ2n) is 4.33. The van der Waals surface area contributed by atoms with Crippen LogP contribution in [0.5, 0.6) is 0 Å². The van der Waals surface area contributed by atoms with Gasteiger partial charge >= 0.3 is 0 Å². The maximum Gasteiger partial charge on any atom is 0.193 e. The smallest absolute Gasteiger partial charge is 0.193 e. The van der Waals surface area contributed by atoms with Crippen molar-refractivity contribution in [1.29, 1.82) is 0 Å². The number of rotatable bonds is 3. The lowest BCUT2D eigenvalue weighted by Crippen LogP contribution is -2.00. The molecule has 0 unspecified atom stereocenters. The van der Waals surface area contributed by atoms with Crippen molar-refractivity contribution in [3.63, 3.8) is 0 Å². The number of nitrogens with zero attached hydrogens (tertiary/aromatic N) is 2. The van der Waals surface area contributed by atoms with Crippen LogP contribution in [0.3, 0.4) is 0 Å². The fourth-order valence-electron chi connectivity index (χ4n) is 2.10. The predicted octanol–water partition coefficient (Wildman–Crippen LogP) is 4.26. The van der Waals surface area contributed by atoms with Gasteiger partial charge in [0.15, 0.2) is 16.7 Å². The summed E-state index contributed by atoms with van der Waals surface area (Å²) in [4.78, 5) is 33.8. The van der Waals surface area contributed by atoms with Crippen molar-refractivity contribution in [2.75, 3.05) is 0 Å². The van der Waals surface area contributed by atoms with E-state index in [0.717, 1.165) is 0 Å². The third kappa shape index (κ3) is 2.12. The Morgan fingerprint density at radius 1 is 0.905 bits per heavy atom. The lowest BCUT2D eigenvalue weighted by atomic mass is 10.1. The minimum Gasteiger partial charge on any atom is -0.453 e. The predicted molar refractivity (Wildman–Crippen MR) is 78.8 cm³/mol. The van der Waals surface area contributed by atoms with E-state index in [4.69, 9.17) is 4.42 Å². The number of hydrogen-bond acceptors (Lipinski definition) is 6. The molecule has 0 fully saturated rings. The molecule has 0 bridgehead atoms. The SMILES string of the molecule is O=Nc1ccc2c(=O)cc(-c3ccccc3)oc2c1N=O. The maximum atomic E-state index is 12.1. The second-order valence-corrected chi connectivity index (χ2v) is 4.33. The highest BCUT2D eigenvalue weighted by Crippen LogP contribution is 2.36. The van der Waals surface area contributed by atoms with Crippen LogP contribution in [0.15, 0.2) is 68.1 Å². The summed E-state index contributed by atoms with van der Waals surface area (Å²) in [7, 11) is 0. The first-order valence-electron chi connectivity index (χ1n) is 6.07. The summed E-state index contributed by atoms with van der Waals surface area (Å²) < 4.78 is 5.60. The fourth-order valence-corrected chi connectivity index (χ4v) is 2.10. The first-order chi connectivity index (χ1) is 10.2. The monoisotopic (exact) mass is 280 g/mol. The van der Waals surface area contributed by atoms with E-state index in [9.17, 15) is 14.6 Å². The van der Waals surface area contributed by atoms with Gasteiger partial charge in [-0.1, -0.05) is 30.3 Å². The van der Waals surface area contributed by atoms with Crippen molar-refractivity contribution in [2.24, 2.45) is 10.4 Å².